The maximum atomic E-state index is 13.0. The van der Waals surface area contributed by atoms with E-state index in [0.29, 0.717) is 11.6 Å². The van der Waals surface area contributed by atoms with E-state index in [1.807, 2.05) is 5.38 Å². The maximum Gasteiger partial charge on any atom is 0.123 e. The molecule has 1 aromatic heterocycles. The van der Waals surface area contributed by atoms with Crippen molar-refractivity contribution in [3.63, 3.8) is 0 Å². The van der Waals surface area contributed by atoms with Crippen molar-refractivity contribution >= 4 is 22.9 Å². The standard InChI is InChI=1S/C12H11ClFNS/c13-12-2-1-11(14)5-10(12)7-15-6-9-3-4-16-8-9/h1-5,8,15H,6-7H2. The summed E-state index contributed by atoms with van der Waals surface area (Å²) in [5.41, 5.74) is 2.02. The lowest BCUT2D eigenvalue weighted by molar-refractivity contribution is 0.620. The van der Waals surface area contributed by atoms with E-state index >= 15 is 0 Å². The highest BCUT2D eigenvalue weighted by Crippen LogP contribution is 2.17. The third-order valence-corrected chi connectivity index (χ3v) is 3.33. The largest absolute Gasteiger partial charge is 0.309 e. The summed E-state index contributed by atoms with van der Waals surface area (Å²) in [6, 6.07) is 6.47. The third-order valence-electron chi connectivity index (χ3n) is 2.23. The summed E-state index contributed by atoms with van der Waals surface area (Å²) >= 11 is 7.62. The molecule has 1 aromatic carbocycles. The number of hydrogen-bond acceptors (Lipinski definition) is 2. The van der Waals surface area contributed by atoms with Crippen LogP contribution in [0, 0.1) is 5.82 Å². The lowest BCUT2D eigenvalue weighted by atomic mass is 10.2. The van der Waals surface area contributed by atoms with Crippen molar-refractivity contribution in [1.29, 1.82) is 0 Å². The van der Waals surface area contributed by atoms with Crippen molar-refractivity contribution < 1.29 is 4.39 Å². The highest BCUT2D eigenvalue weighted by molar-refractivity contribution is 7.07. The first-order valence-corrected chi connectivity index (χ1v) is 6.23. The van der Waals surface area contributed by atoms with Gasteiger partial charge in [-0.15, -0.1) is 0 Å². The Bertz CT molecular complexity index is 456. The molecular formula is C12H11ClFNS. The van der Waals surface area contributed by atoms with Crippen LogP contribution in [0.25, 0.3) is 0 Å². The van der Waals surface area contributed by atoms with Gasteiger partial charge in [0.1, 0.15) is 5.82 Å². The first-order chi connectivity index (χ1) is 7.75. The molecule has 0 fully saturated rings. The number of rotatable bonds is 4. The second kappa shape index (κ2) is 5.43. The molecule has 1 N–H and O–H groups in total. The Hall–Kier alpha value is -0.900. The monoisotopic (exact) mass is 255 g/mol. The summed E-state index contributed by atoms with van der Waals surface area (Å²) in [6.45, 7) is 1.35. The molecule has 0 saturated heterocycles. The van der Waals surface area contributed by atoms with Gasteiger partial charge in [-0.3, -0.25) is 0 Å². The van der Waals surface area contributed by atoms with E-state index in [0.717, 1.165) is 12.1 Å². The van der Waals surface area contributed by atoms with E-state index in [9.17, 15) is 4.39 Å². The van der Waals surface area contributed by atoms with Crippen LogP contribution < -0.4 is 5.32 Å². The van der Waals surface area contributed by atoms with E-state index in [4.69, 9.17) is 11.6 Å². The predicted molar refractivity (Wildman–Crippen MR) is 66.3 cm³/mol. The van der Waals surface area contributed by atoms with Crippen molar-refractivity contribution in [3.05, 3.63) is 57.0 Å². The van der Waals surface area contributed by atoms with Gasteiger partial charge in [0.25, 0.3) is 0 Å². The lowest BCUT2D eigenvalue weighted by Crippen LogP contribution is -2.12. The molecule has 0 atom stereocenters. The molecule has 0 aliphatic rings. The third kappa shape index (κ3) is 3.04. The Morgan fingerprint density at radius 2 is 2.12 bits per heavy atom. The predicted octanol–water partition coefficient (Wildman–Crippen LogP) is 3.83. The van der Waals surface area contributed by atoms with E-state index < -0.39 is 0 Å². The van der Waals surface area contributed by atoms with Gasteiger partial charge in [0.05, 0.1) is 0 Å². The van der Waals surface area contributed by atoms with Gasteiger partial charge in [0, 0.05) is 18.1 Å². The number of benzene rings is 1. The van der Waals surface area contributed by atoms with Gasteiger partial charge in [-0.2, -0.15) is 11.3 Å². The van der Waals surface area contributed by atoms with Gasteiger partial charge in [0.2, 0.25) is 0 Å². The Labute approximate surface area is 103 Å². The lowest BCUT2D eigenvalue weighted by Gasteiger charge is -2.05. The highest BCUT2D eigenvalue weighted by atomic mass is 35.5. The van der Waals surface area contributed by atoms with Crippen LogP contribution >= 0.6 is 22.9 Å². The van der Waals surface area contributed by atoms with Crippen LogP contribution in [-0.4, -0.2) is 0 Å². The number of thiophene rings is 1. The van der Waals surface area contributed by atoms with Crippen molar-refractivity contribution in [2.24, 2.45) is 0 Å². The molecule has 0 saturated carbocycles. The Balaban J connectivity index is 1.92. The van der Waals surface area contributed by atoms with Gasteiger partial charge >= 0.3 is 0 Å². The molecule has 0 bridgehead atoms. The number of halogens is 2. The van der Waals surface area contributed by atoms with Gasteiger partial charge in [-0.05, 0) is 46.2 Å². The van der Waals surface area contributed by atoms with E-state index in [2.05, 4.69) is 16.8 Å². The summed E-state index contributed by atoms with van der Waals surface area (Å²) in [7, 11) is 0. The molecule has 0 spiro atoms. The molecule has 16 heavy (non-hydrogen) atoms. The van der Waals surface area contributed by atoms with Crippen LogP contribution in [0.5, 0.6) is 0 Å². The Morgan fingerprint density at radius 3 is 2.88 bits per heavy atom. The molecule has 84 valence electrons. The second-order valence-electron chi connectivity index (χ2n) is 3.47. The summed E-state index contributed by atoms with van der Waals surface area (Å²) < 4.78 is 13.0. The van der Waals surface area contributed by atoms with E-state index in [1.165, 1.54) is 17.7 Å². The average Bonchev–Trinajstić information content (AvgIpc) is 2.76. The summed E-state index contributed by atoms with van der Waals surface area (Å²) in [6.07, 6.45) is 0. The zero-order chi connectivity index (χ0) is 11.4. The SMILES string of the molecule is Fc1ccc(Cl)c(CNCc2ccsc2)c1. The number of nitrogens with one attached hydrogen (secondary N) is 1. The van der Waals surface area contributed by atoms with Crippen molar-refractivity contribution in [2.45, 2.75) is 13.1 Å². The normalized spacial score (nSPS) is 10.6. The van der Waals surface area contributed by atoms with Crippen LogP contribution in [0.3, 0.4) is 0 Å². The Morgan fingerprint density at radius 1 is 1.25 bits per heavy atom. The zero-order valence-electron chi connectivity index (χ0n) is 8.54. The minimum absolute atomic E-state index is 0.253. The van der Waals surface area contributed by atoms with Crippen LogP contribution in [0.4, 0.5) is 4.39 Å². The minimum atomic E-state index is -0.253. The van der Waals surface area contributed by atoms with Gasteiger partial charge < -0.3 is 5.32 Å². The maximum absolute atomic E-state index is 13.0. The fourth-order valence-electron chi connectivity index (χ4n) is 1.41. The molecular weight excluding hydrogens is 245 g/mol. The van der Waals surface area contributed by atoms with Crippen LogP contribution in [0.15, 0.2) is 35.0 Å². The quantitative estimate of drug-likeness (QED) is 0.876. The van der Waals surface area contributed by atoms with Crippen molar-refractivity contribution in [3.8, 4) is 0 Å². The Kier molecular flexibility index (Phi) is 3.93. The second-order valence-corrected chi connectivity index (χ2v) is 4.66. The van der Waals surface area contributed by atoms with Crippen LogP contribution in [0.1, 0.15) is 11.1 Å². The van der Waals surface area contributed by atoms with E-state index in [1.54, 1.807) is 17.4 Å². The number of hydrogen-bond donors (Lipinski definition) is 1. The van der Waals surface area contributed by atoms with Gasteiger partial charge in [0.15, 0.2) is 0 Å². The summed E-state index contributed by atoms with van der Waals surface area (Å²) in [4.78, 5) is 0. The summed E-state index contributed by atoms with van der Waals surface area (Å²) in [5.74, 6) is -0.253. The van der Waals surface area contributed by atoms with Crippen molar-refractivity contribution in [1.82, 2.24) is 5.32 Å². The molecule has 0 amide bonds. The fraction of sp³-hybridized carbons (Fsp3) is 0.167. The molecule has 0 aliphatic heterocycles. The molecule has 1 heterocycles. The average molecular weight is 256 g/mol. The molecule has 0 unspecified atom stereocenters. The van der Waals surface area contributed by atoms with Crippen LogP contribution in [0.2, 0.25) is 5.02 Å². The molecule has 0 aliphatic carbocycles. The fourth-order valence-corrected chi connectivity index (χ4v) is 2.27. The zero-order valence-corrected chi connectivity index (χ0v) is 10.1. The molecule has 0 radical (unpaired) electrons. The van der Waals surface area contributed by atoms with Gasteiger partial charge in [-0.1, -0.05) is 11.6 Å². The molecule has 4 heteroatoms. The topological polar surface area (TPSA) is 12.0 Å². The van der Waals surface area contributed by atoms with Crippen molar-refractivity contribution in [2.75, 3.05) is 0 Å². The van der Waals surface area contributed by atoms with Gasteiger partial charge in [-0.25, -0.2) is 4.39 Å². The summed E-state index contributed by atoms with van der Waals surface area (Å²) in [5, 5.41) is 7.94. The minimum Gasteiger partial charge on any atom is -0.309 e. The molecule has 1 nitrogen and oxygen atoms in total. The molecule has 2 aromatic rings. The highest BCUT2D eigenvalue weighted by Gasteiger charge is 2.01. The van der Waals surface area contributed by atoms with E-state index in [-0.39, 0.29) is 5.82 Å². The molecule has 2 rings (SSSR count). The smallest absolute Gasteiger partial charge is 0.123 e. The van der Waals surface area contributed by atoms with Crippen LogP contribution in [-0.2, 0) is 13.1 Å². The first kappa shape index (κ1) is 11.6. The first-order valence-electron chi connectivity index (χ1n) is 4.91.